The molecular weight excluding hydrogens is 340 g/mol. The Labute approximate surface area is 148 Å². The van der Waals surface area contributed by atoms with Crippen LogP contribution >= 0.6 is 0 Å². The van der Waals surface area contributed by atoms with Crippen LogP contribution in [0.2, 0.25) is 0 Å². The first-order valence-electron chi connectivity index (χ1n) is 8.64. The first-order chi connectivity index (χ1) is 11.9. The first-order valence-corrected chi connectivity index (χ1v) is 10.5. The fraction of sp³-hybridized carbons (Fsp3) is 0.500. The lowest BCUT2D eigenvalue weighted by Crippen LogP contribution is -2.50. The number of anilines is 1. The molecule has 6 nitrogen and oxygen atoms in total. The monoisotopic (exact) mass is 364 g/mol. The second-order valence-electron chi connectivity index (χ2n) is 6.52. The summed E-state index contributed by atoms with van der Waals surface area (Å²) >= 11 is 0. The van der Waals surface area contributed by atoms with Crippen molar-refractivity contribution in [3.8, 4) is 5.75 Å². The molecule has 3 rings (SSSR count). The Balaban J connectivity index is 1.64. The highest BCUT2D eigenvalue weighted by Gasteiger charge is 2.34. The Morgan fingerprint density at radius 3 is 2.84 bits per heavy atom. The molecule has 0 fully saturated rings. The van der Waals surface area contributed by atoms with Gasteiger partial charge < -0.3 is 10.1 Å². The lowest BCUT2D eigenvalue weighted by atomic mass is 9.97. The molecule has 136 valence electrons. The summed E-state index contributed by atoms with van der Waals surface area (Å²) in [5, 5.41) is 2.88. The van der Waals surface area contributed by atoms with Gasteiger partial charge >= 0.3 is 0 Å². The first kappa shape index (κ1) is 17.8. The van der Waals surface area contributed by atoms with Crippen molar-refractivity contribution in [2.75, 3.05) is 23.7 Å². The van der Waals surface area contributed by atoms with Crippen molar-refractivity contribution in [3.63, 3.8) is 0 Å². The average Bonchev–Trinajstić information content (AvgIpc) is 2.60. The minimum atomic E-state index is -3.48. The van der Waals surface area contributed by atoms with Gasteiger partial charge in [-0.1, -0.05) is 23.8 Å². The highest BCUT2D eigenvalue weighted by atomic mass is 32.2. The van der Waals surface area contributed by atoms with Gasteiger partial charge in [0.2, 0.25) is 10.0 Å². The molecule has 0 aromatic heterocycles. The summed E-state index contributed by atoms with van der Waals surface area (Å²) in [6.45, 7) is 0.537. The summed E-state index contributed by atoms with van der Waals surface area (Å²) in [4.78, 5) is 12.4. The van der Waals surface area contributed by atoms with E-state index in [1.807, 2.05) is 0 Å². The summed E-state index contributed by atoms with van der Waals surface area (Å²) in [5.41, 5.74) is 1.86. The molecule has 1 aromatic carbocycles. The van der Waals surface area contributed by atoms with E-state index in [-0.39, 0.29) is 12.5 Å². The zero-order chi connectivity index (χ0) is 17.9. The Kier molecular flexibility index (Phi) is 5.32. The van der Waals surface area contributed by atoms with Crippen LogP contribution in [-0.4, -0.2) is 39.8 Å². The quantitative estimate of drug-likeness (QED) is 0.813. The standard InChI is InChI=1S/C18H24N2O4S/c1-25(22,23)20-13-17(24-16-10-6-5-9-15(16)20)18(21)19-12-11-14-7-3-2-4-8-14/h5-7,9-10,17H,2-4,8,11-13H2,1H3,(H,19,21)/t17-/m0/s1. The normalized spacial score (nSPS) is 20.3. The Morgan fingerprint density at radius 1 is 1.32 bits per heavy atom. The SMILES string of the molecule is CS(=O)(=O)N1C[C@@H](C(=O)NCCC2=CCCCC2)Oc2ccccc21. The van der Waals surface area contributed by atoms with E-state index >= 15 is 0 Å². The molecular formula is C18H24N2O4S. The van der Waals surface area contributed by atoms with Gasteiger partial charge in [-0.25, -0.2) is 8.42 Å². The number of benzene rings is 1. The number of ether oxygens (including phenoxy) is 1. The third-order valence-corrected chi connectivity index (χ3v) is 5.70. The molecule has 1 N–H and O–H groups in total. The summed E-state index contributed by atoms with van der Waals surface area (Å²) in [5.74, 6) is 0.133. The number of amides is 1. The van der Waals surface area contributed by atoms with E-state index in [4.69, 9.17) is 4.74 Å². The van der Waals surface area contributed by atoms with Crippen molar-refractivity contribution in [2.24, 2.45) is 0 Å². The Bertz CT molecular complexity index is 773. The highest BCUT2D eigenvalue weighted by molar-refractivity contribution is 7.92. The number of para-hydroxylation sites is 2. The van der Waals surface area contributed by atoms with Gasteiger partial charge in [-0.2, -0.15) is 0 Å². The van der Waals surface area contributed by atoms with Gasteiger partial charge in [-0.3, -0.25) is 9.10 Å². The number of carbonyl (C=O) groups excluding carboxylic acids is 1. The zero-order valence-corrected chi connectivity index (χ0v) is 15.2. The van der Waals surface area contributed by atoms with Gasteiger partial charge in [0.1, 0.15) is 5.75 Å². The van der Waals surface area contributed by atoms with E-state index in [2.05, 4.69) is 11.4 Å². The van der Waals surface area contributed by atoms with E-state index in [0.717, 1.165) is 25.5 Å². The van der Waals surface area contributed by atoms with Crippen molar-refractivity contribution >= 4 is 21.6 Å². The van der Waals surface area contributed by atoms with E-state index in [9.17, 15) is 13.2 Å². The van der Waals surface area contributed by atoms with Crippen LogP contribution in [0.3, 0.4) is 0 Å². The number of sulfonamides is 1. The van der Waals surface area contributed by atoms with Crippen molar-refractivity contribution in [1.82, 2.24) is 5.32 Å². The summed E-state index contributed by atoms with van der Waals surface area (Å²) in [6, 6.07) is 6.87. The number of nitrogens with one attached hydrogen (secondary N) is 1. The zero-order valence-electron chi connectivity index (χ0n) is 14.4. The summed E-state index contributed by atoms with van der Waals surface area (Å²) in [6.07, 6.45) is 8.07. The van der Waals surface area contributed by atoms with E-state index in [0.29, 0.717) is 18.0 Å². The maximum absolute atomic E-state index is 12.4. The number of allylic oxidation sites excluding steroid dienone is 1. The molecule has 0 spiro atoms. The molecule has 1 aliphatic heterocycles. The maximum atomic E-state index is 12.4. The van der Waals surface area contributed by atoms with Crippen LogP contribution in [0.1, 0.15) is 32.1 Å². The third kappa shape index (κ3) is 4.34. The minimum Gasteiger partial charge on any atom is -0.476 e. The van der Waals surface area contributed by atoms with Crippen molar-refractivity contribution in [3.05, 3.63) is 35.9 Å². The largest absolute Gasteiger partial charge is 0.476 e. The molecule has 7 heteroatoms. The summed E-state index contributed by atoms with van der Waals surface area (Å²) < 4.78 is 31.1. The second-order valence-corrected chi connectivity index (χ2v) is 8.42. The molecule has 1 aromatic rings. The molecule has 0 radical (unpaired) electrons. The number of carbonyl (C=O) groups is 1. The van der Waals surface area contributed by atoms with Crippen LogP contribution in [0.15, 0.2) is 35.9 Å². The fourth-order valence-corrected chi connectivity index (χ4v) is 4.16. The molecule has 0 bridgehead atoms. The van der Waals surface area contributed by atoms with Crippen LogP contribution in [0.5, 0.6) is 5.75 Å². The van der Waals surface area contributed by atoms with E-state index in [1.165, 1.54) is 22.7 Å². The van der Waals surface area contributed by atoms with Gasteiger partial charge in [-0.15, -0.1) is 0 Å². The predicted octanol–water partition coefficient (Wildman–Crippen LogP) is 2.22. The molecule has 2 aliphatic rings. The van der Waals surface area contributed by atoms with Crippen molar-refractivity contribution in [1.29, 1.82) is 0 Å². The van der Waals surface area contributed by atoms with Crippen LogP contribution in [0.25, 0.3) is 0 Å². The van der Waals surface area contributed by atoms with Gasteiger partial charge in [-0.05, 0) is 44.2 Å². The molecule has 25 heavy (non-hydrogen) atoms. The molecule has 0 saturated carbocycles. The number of fused-ring (bicyclic) bond motifs is 1. The van der Waals surface area contributed by atoms with Crippen LogP contribution < -0.4 is 14.4 Å². The van der Waals surface area contributed by atoms with E-state index in [1.54, 1.807) is 24.3 Å². The van der Waals surface area contributed by atoms with Crippen molar-refractivity contribution < 1.29 is 17.9 Å². The molecule has 1 amide bonds. The molecule has 1 heterocycles. The molecule has 0 unspecified atom stereocenters. The number of nitrogens with zero attached hydrogens (tertiary/aromatic N) is 1. The second kappa shape index (κ2) is 7.47. The van der Waals surface area contributed by atoms with Gasteiger partial charge in [0, 0.05) is 6.54 Å². The lowest BCUT2D eigenvalue weighted by Gasteiger charge is -2.33. The van der Waals surface area contributed by atoms with Crippen LogP contribution in [0, 0.1) is 0 Å². The highest BCUT2D eigenvalue weighted by Crippen LogP contribution is 2.34. The molecule has 0 saturated heterocycles. The molecule has 1 atom stereocenters. The topological polar surface area (TPSA) is 75.7 Å². The number of hydrogen-bond acceptors (Lipinski definition) is 4. The maximum Gasteiger partial charge on any atom is 0.263 e. The average molecular weight is 364 g/mol. The number of hydrogen-bond donors (Lipinski definition) is 1. The predicted molar refractivity (Wildman–Crippen MR) is 97.2 cm³/mol. The Morgan fingerprint density at radius 2 is 2.12 bits per heavy atom. The minimum absolute atomic E-state index is 0.00955. The van der Waals surface area contributed by atoms with Gasteiger partial charge in [0.25, 0.3) is 5.91 Å². The van der Waals surface area contributed by atoms with E-state index < -0.39 is 16.1 Å². The van der Waals surface area contributed by atoms with Crippen LogP contribution in [0.4, 0.5) is 5.69 Å². The number of rotatable bonds is 5. The van der Waals surface area contributed by atoms with Crippen LogP contribution in [-0.2, 0) is 14.8 Å². The van der Waals surface area contributed by atoms with Gasteiger partial charge in [0.05, 0.1) is 18.5 Å². The van der Waals surface area contributed by atoms with Gasteiger partial charge in [0.15, 0.2) is 6.10 Å². The molecule has 1 aliphatic carbocycles. The summed E-state index contributed by atoms with van der Waals surface area (Å²) in [7, 11) is -3.48. The van der Waals surface area contributed by atoms with Crippen molar-refractivity contribution in [2.45, 2.75) is 38.2 Å². The Hall–Kier alpha value is -2.02. The third-order valence-electron chi connectivity index (χ3n) is 4.56. The fourth-order valence-electron chi connectivity index (χ4n) is 3.24. The lowest BCUT2D eigenvalue weighted by molar-refractivity contribution is -0.127. The smallest absolute Gasteiger partial charge is 0.263 e.